The van der Waals surface area contributed by atoms with Crippen molar-refractivity contribution in [1.29, 1.82) is 0 Å². The van der Waals surface area contributed by atoms with Crippen LogP contribution in [0.5, 0.6) is 0 Å². The van der Waals surface area contributed by atoms with Crippen molar-refractivity contribution in [3.8, 4) is 0 Å². The number of rotatable bonds is 2. The molecule has 0 unspecified atom stereocenters. The summed E-state index contributed by atoms with van der Waals surface area (Å²) in [5.41, 5.74) is 4.71. The highest BCUT2D eigenvalue weighted by Gasteiger charge is 2.14. The van der Waals surface area contributed by atoms with Crippen LogP contribution in [0.15, 0.2) is 73.1 Å². The van der Waals surface area contributed by atoms with E-state index in [1.807, 2.05) is 18.2 Å². The number of hydrogen-bond donors (Lipinski definition) is 0. The van der Waals surface area contributed by atoms with E-state index in [4.69, 9.17) is 11.6 Å². The minimum atomic E-state index is 0. The second kappa shape index (κ2) is 7.01. The van der Waals surface area contributed by atoms with Crippen molar-refractivity contribution in [3.05, 3.63) is 83.6 Å². The maximum absolute atomic E-state index is 6.30. The van der Waals surface area contributed by atoms with Gasteiger partial charge in [0.25, 0.3) is 0 Å². The normalized spacial score (nSPS) is 10.3. The van der Waals surface area contributed by atoms with Crippen LogP contribution in [0.1, 0.15) is 5.56 Å². The molecule has 2 aromatic heterocycles. The molecular weight excluding hydrogens is 331 g/mol. The van der Waals surface area contributed by atoms with E-state index in [1.54, 1.807) is 0 Å². The van der Waals surface area contributed by atoms with Crippen molar-refractivity contribution in [2.24, 2.45) is 0 Å². The van der Waals surface area contributed by atoms with E-state index in [9.17, 15) is 0 Å². The van der Waals surface area contributed by atoms with Gasteiger partial charge in [0.1, 0.15) is 11.0 Å². The van der Waals surface area contributed by atoms with Crippen LogP contribution in [0.3, 0.4) is 0 Å². The average molecular weight is 347 g/mol. The first-order chi connectivity index (χ1) is 10.3. The van der Waals surface area contributed by atoms with Gasteiger partial charge in [0, 0.05) is 17.8 Å². The number of aromatic nitrogens is 2. The summed E-state index contributed by atoms with van der Waals surface area (Å²) in [7, 11) is 0. The molecule has 0 radical (unpaired) electrons. The summed E-state index contributed by atoms with van der Waals surface area (Å²) in [6, 6.07) is 20.6. The molecule has 0 saturated heterocycles. The van der Waals surface area contributed by atoms with Gasteiger partial charge in [0.2, 0.25) is 5.52 Å². The van der Waals surface area contributed by atoms with Crippen LogP contribution in [-0.4, -0.2) is 9.88 Å². The maximum Gasteiger partial charge on any atom is 0.229 e. The number of fused-ring (bicyclic) bond motifs is 3. The Kier molecular flexibility index (Phi) is 5.26. The first kappa shape index (κ1) is 17.3. The molecule has 23 heavy (non-hydrogen) atoms. The van der Waals surface area contributed by atoms with Gasteiger partial charge in [-0.2, -0.15) is 4.57 Å². The predicted octanol–water partition coefficient (Wildman–Crippen LogP) is 0.261. The van der Waals surface area contributed by atoms with E-state index in [0.29, 0.717) is 0 Å². The largest absolute Gasteiger partial charge is 1.00 e. The molecule has 5 heteroatoms. The number of benzene rings is 2. The fourth-order valence-corrected chi connectivity index (χ4v) is 3.00. The van der Waals surface area contributed by atoms with Crippen LogP contribution >= 0.6 is 11.6 Å². The Labute approximate surface area is 145 Å². The summed E-state index contributed by atoms with van der Waals surface area (Å²) in [6.45, 7) is 0.766. The Morgan fingerprint density at radius 3 is 2.48 bits per heavy atom. The summed E-state index contributed by atoms with van der Waals surface area (Å²) < 4.78 is 4.46. The van der Waals surface area contributed by atoms with E-state index in [0.717, 1.165) is 17.1 Å². The lowest BCUT2D eigenvalue weighted by Gasteiger charge is -2.06. The Bertz CT molecular complexity index is 950. The molecule has 4 aromatic rings. The Balaban J connectivity index is 0.000000960. The first-order valence-corrected chi connectivity index (χ1v) is 7.32. The van der Waals surface area contributed by atoms with E-state index in [1.165, 1.54) is 16.6 Å². The zero-order valence-electron chi connectivity index (χ0n) is 12.3. The Morgan fingerprint density at radius 2 is 1.65 bits per heavy atom. The van der Waals surface area contributed by atoms with Crippen molar-refractivity contribution < 1.29 is 22.5 Å². The highest BCUT2D eigenvalue weighted by molar-refractivity contribution is 6.31. The fraction of sp³-hybridized carbons (Fsp3) is 0.0556. The molecule has 4 rings (SSSR count). The predicted molar refractivity (Wildman–Crippen MR) is 89.3 cm³/mol. The molecule has 0 atom stereocenters. The van der Waals surface area contributed by atoms with Gasteiger partial charge in [-0.1, -0.05) is 41.9 Å². The van der Waals surface area contributed by atoms with Crippen LogP contribution in [0.4, 0.5) is 0 Å². The summed E-state index contributed by atoms with van der Waals surface area (Å²) in [4.78, 5) is 0. The molecule has 3 nitrogen and oxygen atoms in total. The minimum absolute atomic E-state index is 0. The van der Waals surface area contributed by atoms with Gasteiger partial charge in [-0.05, 0) is 24.3 Å². The molecule has 118 valence electrons. The molecular formula is C18H16Cl2N2O. The molecule has 2 aromatic carbocycles. The van der Waals surface area contributed by atoms with E-state index in [2.05, 4.69) is 63.8 Å². The van der Waals surface area contributed by atoms with Crippen molar-refractivity contribution in [3.63, 3.8) is 0 Å². The quantitative estimate of drug-likeness (QED) is 0.467. The van der Waals surface area contributed by atoms with Crippen molar-refractivity contribution in [2.45, 2.75) is 6.54 Å². The van der Waals surface area contributed by atoms with Gasteiger partial charge in [0.15, 0.2) is 12.7 Å². The van der Waals surface area contributed by atoms with E-state index >= 15 is 0 Å². The molecule has 0 saturated carbocycles. The second-order valence-corrected chi connectivity index (χ2v) is 5.55. The standard InChI is InChI=1S/C18H14ClN2.ClH.H2O/c19-16-8-2-1-6-14(16)12-20-13-15-7-5-11-21(15)18-10-4-3-9-17(18)20;;/h1-11,13H,12H2;1H;1H2/q+1;;/p-1. The fourth-order valence-electron chi connectivity index (χ4n) is 2.80. The lowest BCUT2D eigenvalue weighted by Crippen LogP contribution is -3.00. The molecule has 0 spiro atoms. The SMILES string of the molecule is Clc1ccccc1C[n+]1cc2cccn2c2ccccc21.O.[Cl-]. The highest BCUT2D eigenvalue weighted by atomic mass is 35.5. The van der Waals surface area contributed by atoms with Crippen LogP contribution in [0.2, 0.25) is 5.02 Å². The third-order valence-corrected chi connectivity index (χ3v) is 4.19. The van der Waals surface area contributed by atoms with Gasteiger partial charge in [0.05, 0.1) is 5.02 Å². The third kappa shape index (κ3) is 3.04. The van der Waals surface area contributed by atoms with Gasteiger partial charge < -0.3 is 22.3 Å². The molecule has 0 amide bonds. The van der Waals surface area contributed by atoms with Crippen LogP contribution in [0, 0.1) is 0 Å². The van der Waals surface area contributed by atoms with Gasteiger partial charge >= 0.3 is 0 Å². The Hall–Kier alpha value is -2.07. The van der Waals surface area contributed by atoms with Crippen molar-refractivity contribution in [1.82, 2.24) is 4.40 Å². The molecule has 0 aliphatic heterocycles. The molecule has 0 bridgehead atoms. The van der Waals surface area contributed by atoms with Crippen LogP contribution < -0.4 is 17.0 Å². The lowest BCUT2D eigenvalue weighted by atomic mass is 10.2. The smallest absolute Gasteiger partial charge is 0.229 e. The number of para-hydroxylation sites is 2. The van der Waals surface area contributed by atoms with Crippen LogP contribution in [-0.2, 0) is 6.54 Å². The lowest BCUT2D eigenvalue weighted by molar-refractivity contribution is -0.661. The highest BCUT2D eigenvalue weighted by Crippen LogP contribution is 2.17. The van der Waals surface area contributed by atoms with Gasteiger partial charge in [-0.15, -0.1) is 0 Å². The number of hydrogen-bond acceptors (Lipinski definition) is 0. The second-order valence-electron chi connectivity index (χ2n) is 5.14. The topological polar surface area (TPSA) is 39.8 Å². The van der Waals surface area contributed by atoms with Gasteiger partial charge in [-0.3, -0.25) is 0 Å². The van der Waals surface area contributed by atoms with E-state index < -0.39 is 0 Å². The van der Waals surface area contributed by atoms with Gasteiger partial charge in [-0.25, -0.2) is 0 Å². The molecule has 0 aliphatic rings. The molecule has 0 aliphatic carbocycles. The van der Waals surface area contributed by atoms with Crippen LogP contribution in [0.25, 0.3) is 16.6 Å². The van der Waals surface area contributed by atoms with E-state index in [-0.39, 0.29) is 17.9 Å². The summed E-state index contributed by atoms with van der Waals surface area (Å²) >= 11 is 6.30. The summed E-state index contributed by atoms with van der Waals surface area (Å²) in [6.07, 6.45) is 4.27. The molecule has 2 N–H and O–H groups in total. The van der Waals surface area contributed by atoms with Crippen molar-refractivity contribution >= 4 is 28.2 Å². The summed E-state index contributed by atoms with van der Waals surface area (Å²) in [5.74, 6) is 0. The Morgan fingerprint density at radius 1 is 0.913 bits per heavy atom. The third-order valence-electron chi connectivity index (χ3n) is 3.82. The molecule has 0 fully saturated rings. The minimum Gasteiger partial charge on any atom is -1.00 e. The number of halogens is 2. The first-order valence-electron chi connectivity index (χ1n) is 6.94. The monoisotopic (exact) mass is 346 g/mol. The maximum atomic E-state index is 6.30. The average Bonchev–Trinajstić information content (AvgIpc) is 2.98. The molecule has 2 heterocycles. The van der Waals surface area contributed by atoms with Crippen molar-refractivity contribution in [2.75, 3.05) is 0 Å². The number of nitrogens with zero attached hydrogens (tertiary/aromatic N) is 2. The summed E-state index contributed by atoms with van der Waals surface area (Å²) in [5, 5.41) is 0.810. The zero-order chi connectivity index (χ0) is 14.2. The zero-order valence-corrected chi connectivity index (χ0v) is 13.8.